The predicted octanol–water partition coefficient (Wildman–Crippen LogP) is 3.04. The van der Waals surface area contributed by atoms with E-state index in [1.807, 2.05) is 0 Å². The van der Waals surface area contributed by atoms with Gasteiger partial charge in [-0.2, -0.15) is 8.78 Å². The molecule has 30 heavy (non-hydrogen) atoms. The number of nitrogens with zero attached hydrogens (tertiary/aromatic N) is 1. The molecule has 1 saturated heterocycles. The zero-order valence-electron chi connectivity index (χ0n) is 17.3. The van der Waals surface area contributed by atoms with Crippen molar-refractivity contribution < 1.29 is 27.9 Å². The lowest BCUT2D eigenvalue weighted by Crippen LogP contribution is -2.54. The van der Waals surface area contributed by atoms with Gasteiger partial charge in [-0.15, -0.1) is 0 Å². The molecule has 2 unspecified atom stereocenters. The second-order valence-electron chi connectivity index (χ2n) is 9.02. The van der Waals surface area contributed by atoms with Crippen molar-refractivity contribution in [3.63, 3.8) is 0 Å². The van der Waals surface area contributed by atoms with Gasteiger partial charge in [0.2, 0.25) is 5.91 Å². The number of hydrogen-bond donors (Lipinski definition) is 2. The summed E-state index contributed by atoms with van der Waals surface area (Å²) < 4.78 is 29.5. The summed E-state index contributed by atoms with van der Waals surface area (Å²) in [5, 5.41) is 5.38. The lowest BCUT2D eigenvalue weighted by atomic mass is 9.64. The monoisotopic (exact) mass is 423 g/mol. The number of carbonyl (C=O) groups excluding carboxylic acids is 3. The molecule has 1 heterocycles. The van der Waals surface area contributed by atoms with Gasteiger partial charge in [0.05, 0.1) is 0 Å². The molecule has 1 saturated carbocycles. The quantitative estimate of drug-likeness (QED) is 0.689. The summed E-state index contributed by atoms with van der Waals surface area (Å²) in [7, 11) is 0. The van der Waals surface area contributed by atoms with Crippen molar-refractivity contribution in [2.24, 2.45) is 11.3 Å². The molecule has 4 amide bonds. The summed E-state index contributed by atoms with van der Waals surface area (Å²) >= 11 is 0. The van der Waals surface area contributed by atoms with E-state index in [2.05, 4.69) is 36.1 Å². The summed E-state index contributed by atoms with van der Waals surface area (Å²) in [6, 6.07) is 5.52. The van der Waals surface area contributed by atoms with Crippen LogP contribution in [-0.2, 0) is 16.1 Å². The van der Waals surface area contributed by atoms with Crippen LogP contribution >= 0.6 is 0 Å². The zero-order valence-corrected chi connectivity index (χ0v) is 17.3. The van der Waals surface area contributed by atoms with Crippen LogP contribution in [0.1, 0.15) is 45.6 Å². The second-order valence-corrected chi connectivity index (χ2v) is 9.02. The Morgan fingerprint density at radius 1 is 1.30 bits per heavy atom. The number of benzene rings is 1. The minimum Gasteiger partial charge on any atom is -0.434 e. The van der Waals surface area contributed by atoms with Crippen LogP contribution in [0.25, 0.3) is 0 Å². The Morgan fingerprint density at radius 2 is 2.00 bits per heavy atom. The highest BCUT2D eigenvalue weighted by Gasteiger charge is 2.56. The molecule has 2 N–H and O–H groups in total. The topological polar surface area (TPSA) is 87.7 Å². The average Bonchev–Trinajstić information content (AvgIpc) is 2.82. The predicted molar refractivity (Wildman–Crippen MR) is 105 cm³/mol. The van der Waals surface area contributed by atoms with Crippen LogP contribution in [0.4, 0.5) is 13.6 Å². The van der Waals surface area contributed by atoms with Crippen LogP contribution < -0.4 is 15.4 Å². The second kappa shape index (κ2) is 8.20. The largest absolute Gasteiger partial charge is 0.434 e. The van der Waals surface area contributed by atoms with Crippen LogP contribution in [0, 0.1) is 11.3 Å². The van der Waals surface area contributed by atoms with Crippen LogP contribution in [0.5, 0.6) is 5.75 Å². The maximum atomic E-state index is 13.1. The molecule has 1 aliphatic heterocycles. The first-order valence-corrected chi connectivity index (χ1v) is 9.95. The highest BCUT2D eigenvalue weighted by Crippen LogP contribution is 2.46. The highest BCUT2D eigenvalue weighted by atomic mass is 19.3. The average molecular weight is 423 g/mol. The SMILES string of the molecule is CC1CC(C)(C)CC2(C1)NC(=O)N(CC(=O)NCc1ccccc1OC(F)F)C2=O. The molecule has 2 atom stereocenters. The van der Waals surface area contributed by atoms with Crippen molar-refractivity contribution in [1.29, 1.82) is 0 Å². The first-order chi connectivity index (χ1) is 14.0. The molecule has 7 nitrogen and oxygen atoms in total. The fraction of sp³-hybridized carbons (Fsp3) is 0.571. The standard InChI is InChI=1S/C21H27F2N3O4/c1-13-8-20(2,3)12-21(9-13)17(28)26(19(29)25-21)11-16(27)24-10-14-6-4-5-7-15(14)30-18(22)23/h4-7,13,18H,8-12H2,1-3H3,(H,24,27)(H,25,29). The first kappa shape index (κ1) is 22.0. The number of alkyl halides is 2. The molecule has 0 radical (unpaired) electrons. The number of amides is 4. The van der Waals surface area contributed by atoms with E-state index in [0.717, 1.165) is 11.3 Å². The van der Waals surface area contributed by atoms with E-state index in [4.69, 9.17) is 0 Å². The lowest BCUT2D eigenvalue weighted by molar-refractivity contribution is -0.137. The molecule has 164 valence electrons. The van der Waals surface area contributed by atoms with Gasteiger partial charge in [0.1, 0.15) is 17.8 Å². The van der Waals surface area contributed by atoms with E-state index in [-0.39, 0.29) is 29.5 Å². The molecule has 2 aliphatic rings. The van der Waals surface area contributed by atoms with E-state index in [0.29, 0.717) is 18.4 Å². The maximum absolute atomic E-state index is 13.1. The van der Waals surface area contributed by atoms with E-state index in [9.17, 15) is 23.2 Å². The minimum absolute atomic E-state index is 0.0415. The van der Waals surface area contributed by atoms with Crippen molar-refractivity contribution >= 4 is 17.8 Å². The number of hydrogen-bond acceptors (Lipinski definition) is 4. The Bertz CT molecular complexity index is 845. The number of rotatable bonds is 6. The van der Waals surface area contributed by atoms with Gasteiger partial charge in [-0.05, 0) is 36.7 Å². The van der Waals surface area contributed by atoms with E-state index in [1.54, 1.807) is 18.2 Å². The molecular weight excluding hydrogens is 396 g/mol. The van der Waals surface area contributed by atoms with Crippen molar-refractivity contribution in [2.45, 2.75) is 58.7 Å². The minimum atomic E-state index is -2.98. The number of urea groups is 1. The summed E-state index contributed by atoms with van der Waals surface area (Å²) in [6.45, 7) is 2.71. The van der Waals surface area contributed by atoms with Crippen molar-refractivity contribution in [3.05, 3.63) is 29.8 Å². The summed E-state index contributed by atoms with van der Waals surface area (Å²) in [6.07, 6.45) is 2.02. The fourth-order valence-electron chi connectivity index (χ4n) is 4.90. The van der Waals surface area contributed by atoms with Gasteiger partial charge >= 0.3 is 12.6 Å². The van der Waals surface area contributed by atoms with E-state index in [1.165, 1.54) is 6.07 Å². The molecular formula is C21H27F2N3O4. The van der Waals surface area contributed by atoms with Gasteiger partial charge in [0.15, 0.2) is 0 Å². The lowest BCUT2D eigenvalue weighted by Gasteiger charge is -2.43. The van der Waals surface area contributed by atoms with Crippen LogP contribution in [0.15, 0.2) is 24.3 Å². The van der Waals surface area contributed by atoms with Crippen LogP contribution in [0.2, 0.25) is 0 Å². The first-order valence-electron chi connectivity index (χ1n) is 9.95. The molecule has 0 bridgehead atoms. The number of para-hydroxylation sites is 1. The summed E-state index contributed by atoms with van der Waals surface area (Å²) in [4.78, 5) is 38.9. The van der Waals surface area contributed by atoms with Gasteiger partial charge in [0, 0.05) is 12.1 Å². The Balaban J connectivity index is 1.64. The summed E-state index contributed by atoms with van der Waals surface area (Å²) in [5.41, 5.74) is -0.716. The Hall–Kier alpha value is -2.71. The van der Waals surface area contributed by atoms with Crippen molar-refractivity contribution in [1.82, 2.24) is 15.5 Å². The third-order valence-electron chi connectivity index (χ3n) is 5.59. The number of ether oxygens (including phenoxy) is 1. The van der Waals surface area contributed by atoms with E-state index >= 15 is 0 Å². The van der Waals surface area contributed by atoms with Crippen LogP contribution in [-0.4, -0.2) is 41.4 Å². The zero-order chi connectivity index (χ0) is 22.1. The number of nitrogens with one attached hydrogen (secondary N) is 2. The van der Waals surface area contributed by atoms with Gasteiger partial charge in [-0.25, -0.2) is 4.79 Å². The molecule has 1 aliphatic carbocycles. The Morgan fingerprint density at radius 3 is 2.67 bits per heavy atom. The third kappa shape index (κ3) is 4.71. The normalized spacial score (nSPS) is 25.5. The summed E-state index contributed by atoms with van der Waals surface area (Å²) in [5.74, 6) is -0.729. The Labute approximate surface area is 174 Å². The van der Waals surface area contributed by atoms with Gasteiger partial charge in [-0.3, -0.25) is 14.5 Å². The van der Waals surface area contributed by atoms with Gasteiger partial charge in [0.25, 0.3) is 5.91 Å². The van der Waals surface area contributed by atoms with Gasteiger partial charge in [-0.1, -0.05) is 39.0 Å². The molecule has 1 aromatic carbocycles. The maximum Gasteiger partial charge on any atom is 0.387 e. The van der Waals surface area contributed by atoms with Gasteiger partial charge < -0.3 is 15.4 Å². The molecule has 3 rings (SSSR count). The molecule has 1 aromatic rings. The smallest absolute Gasteiger partial charge is 0.387 e. The highest BCUT2D eigenvalue weighted by molar-refractivity contribution is 6.09. The van der Waals surface area contributed by atoms with Crippen molar-refractivity contribution in [2.75, 3.05) is 6.54 Å². The van der Waals surface area contributed by atoms with E-state index < -0.39 is 30.6 Å². The molecule has 9 heteroatoms. The molecule has 2 fully saturated rings. The molecule has 1 spiro atoms. The third-order valence-corrected chi connectivity index (χ3v) is 5.59. The molecule has 0 aromatic heterocycles. The fourth-order valence-corrected chi connectivity index (χ4v) is 4.90. The Kier molecular flexibility index (Phi) is 6.01. The number of halogens is 2. The number of carbonyl (C=O) groups is 3. The number of imide groups is 1. The van der Waals surface area contributed by atoms with Crippen molar-refractivity contribution in [3.8, 4) is 5.75 Å². The van der Waals surface area contributed by atoms with Crippen LogP contribution in [0.3, 0.4) is 0 Å².